The summed E-state index contributed by atoms with van der Waals surface area (Å²) in [6, 6.07) is 1.95. The number of carbonyl (C=O) groups is 7. The molecule has 5 aliphatic rings. The molecule has 12 atom stereocenters. The maximum atomic E-state index is 14.3. The Balaban J connectivity index is 0.000000730. The van der Waals surface area contributed by atoms with E-state index in [0.717, 1.165) is 108 Å². The van der Waals surface area contributed by atoms with Gasteiger partial charge in [-0.05, 0) is 88.5 Å². The largest absolute Gasteiger partial charge is 1.00 e. The van der Waals surface area contributed by atoms with Crippen molar-refractivity contribution in [3.05, 3.63) is 47.6 Å². The number of esters is 5. The molecule has 1 saturated heterocycles. The van der Waals surface area contributed by atoms with Gasteiger partial charge in [0.05, 0.1) is 55.9 Å². The van der Waals surface area contributed by atoms with Crippen LogP contribution >= 0.6 is 15.6 Å². The smallest absolute Gasteiger partial charge is 0.756 e. The van der Waals surface area contributed by atoms with Gasteiger partial charge in [0.1, 0.15) is 31.0 Å². The third-order valence-corrected chi connectivity index (χ3v) is 25.3. The average Bonchev–Trinajstić information content (AvgIpc) is 1.47. The second kappa shape index (κ2) is 53.9. The molecule has 0 bridgehead atoms. The van der Waals surface area contributed by atoms with Crippen molar-refractivity contribution in [2.45, 2.75) is 381 Å². The number of carbonyl (C=O) groups excluding carboxylic acids is 7. The van der Waals surface area contributed by atoms with Crippen molar-refractivity contribution in [3.8, 4) is 0 Å². The Morgan fingerprint density at radius 3 is 1.27 bits per heavy atom. The van der Waals surface area contributed by atoms with Crippen LogP contribution in [0.1, 0.15) is 350 Å². The molecule has 0 aromatic carbocycles. The van der Waals surface area contributed by atoms with Gasteiger partial charge in [-0.2, -0.15) is 0 Å². The van der Waals surface area contributed by atoms with E-state index in [1.807, 2.05) is 19.9 Å². The normalized spacial score (nSPS) is 24.2. The van der Waals surface area contributed by atoms with Gasteiger partial charge in [0.2, 0.25) is 5.78 Å². The second-order valence-electron chi connectivity index (χ2n) is 32.9. The summed E-state index contributed by atoms with van der Waals surface area (Å²) in [7, 11) is -10.4. The Kier molecular flexibility index (Phi) is 49.9. The average molecular weight is 1650 g/mol. The number of fused-ring (bicyclic) bond motifs is 3. The van der Waals surface area contributed by atoms with Crippen molar-refractivity contribution < 1.29 is 173 Å². The number of rotatable bonds is 60. The predicted octanol–water partition coefficient (Wildman–Crippen LogP) is 12.4. The van der Waals surface area contributed by atoms with Crippen molar-refractivity contribution in [2.75, 3.05) is 39.6 Å². The Morgan fingerprint density at radius 1 is 0.540 bits per heavy atom. The van der Waals surface area contributed by atoms with Crippen LogP contribution in [0.15, 0.2) is 46.5 Å². The minimum Gasteiger partial charge on any atom is -0.756 e. The van der Waals surface area contributed by atoms with Crippen LogP contribution in [0, 0.1) is 27.6 Å². The number of phosphoric acid groups is 2. The number of allylic oxidation sites excluding steroid dienone is 4. The number of furan rings is 1. The Bertz CT molecular complexity index is 3040. The zero-order valence-electron chi connectivity index (χ0n) is 71.1. The van der Waals surface area contributed by atoms with Gasteiger partial charge >= 0.3 is 89.0 Å². The van der Waals surface area contributed by atoms with Crippen LogP contribution < -0.4 is 68.9 Å². The van der Waals surface area contributed by atoms with E-state index in [0.29, 0.717) is 44.1 Å². The van der Waals surface area contributed by atoms with Gasteiger partial charge in [-0.25, -0.2) is 0 Å². The third kappa shape index (κ3) is 33.4. The summed E-state index contributed by atoms with van der Waals surface area (Å²) < 4.78 is 84.6. The van der Waals surface area contributed by atoms with Crippen LogP contribution in [0.3, 0.4) is 0 Å². The monoisotopic (exact) mass is 1650 g/mol. The van der Waals surface area contributed by atoms with Gasteiger partial charge < -0.3 is 70.9 Å². The van der Waals surface area contributed by atoms with Gasteiger partial charge in [-0.15, -0.1) is 0 Å². The summed E-state index contributed by atoms with van der Waals surface area (Å²) in [5, 5.41) is 21.9. The van der Waals surface area contributed by atoms with Crippen LogP contribution in [-0.4, -0.2) is 127 Å². The third-order valence-electron chi connectivity index (χ3n) is 23.5. The fourth-order valence-electron chi connectivity index (χ4n) is 17.6. The second-order valence-corrected chi connectivity index (χ2v) is 35.8. The molecule has 28 heteroatoms. The molecule has 4 aliphatic carbocycles. The minimum atomic E-state index is -5.20. The molecule has 636 valence electrons. The fourth-order valence-corrected chi connectivity index (χ4v) is 19.2. The maximum absolute atomic E-state index is 14.3. The minimum absolute atomic E-state index is 0. The van der Waals surface area contributed by atoms with E-state index in [2.05, 4.69) is 34.6 Å². The van der Waals surface area contributed by atoms with Gasteiger partial charge in [0, 0.05) is 49.4 Å². The maximum Gasteiger partial charge on any atom is 1.00 e. The number of unbranched alkanes of at least 4 members (excludes halogenated alkanes) is 32. The Hall–Kier alpha value is -2.61. The molecule has 6 rings (SSSR count). The predicted molar refractivity (Wildman–Crippen MR) is 418 cm³/mol. The van der Waals surface area contributed by atoms with E-state index in [4.69, 9.17) is 50.9 Å². The molecule has 3 fully saturated rings. The van der Waals surface area contributed by atoms with E-state index in [-0.39, 0.29) is 108 Å². The number of hydrogen-bond acceptors (Lipinski definition) is 24. The summed E-state index contributed by atoms with van der Waals surface area (Å²) in [6.45, 7) is 15.2. The molecule has 113 heavy (non-hydrogen) atoms. The van der Waals surface area contributed by atoms with Crippen molar-refractivity contribution in [1.29, 1.82) is 0 Å². The van der Waals surface area contributed by atoms with Gasteiger partial charge in [-0.1, -0.05) is 253 Å². The fraction of sp³-hybridized carbons (Fsp3) is 0.824. The first-order chi connectivity index (χ1) is 52.9. The summed E-state index contributed by atoms with van der Waals surface area (Å²) in [4.78, 5) is 116. The Labute approximate surface area is 720 Å². The number of aliphatic hydroxyl groups is 2. The van der Waals surface area contributed by atoms with E-state index in [9.17, 15) is 62.7 Å². The molecule has 1 aromatic heterocycles. The van der Waals surface area contributed by atoms with Crippen molar-refractivity contribution in [1.82, 2.24) is 0 Å². The van der Waals surface area contributed by atoms with Gasteiger partial charge in [0.15, 0.2) is 23.8 Å². The van der Waals surface area contributed by atoms with Crippen molar-refractivity contribution in [2.24, 2.45) is 27.6 Å². The summed E-state index contributed by atoms with van der Waals surface area (Å²) in [5.41, 5.74) is -3.06. The van der Waals surface area contributed by atoms with E-state index in [1.165, 1.54) is 110 Å². The number of aliphatic hydroxyl groups excluding tert-OH is 2. The van der Waals surface area contributed by atoms with Crippen molar-refractivity contribution >= 4 is 57.1 Å². The molecule has 2 heterocycles. The molecular formula is C85H140Na2O24P2. The first-order valence-corrected chi connectivity index (χ1v) is 45.5. The number of hydrogen-bond donors (Lipinski definition) is 2. The summed E-state index contributed by atoms with van der Waals surface area (Å²) in [5.74, 6) is -4.08. The molecule has 1 aliphatic heterocycles. The van der Waals surface area contributed by atoms with Crippen LogP contribution in [0.5, 0.6) is 0 Å². The SMILES string of the molecule is CC(=O)OC1CC2(C)C(c3ccoc3)CC3OC32C2(C)C(=O)C(O)=C3C(C)(C)C(=O)C=CC3(C)C12.CCCCCCCCCCCC(=O)OCC(COP(=O)([O-])OCC(O)COP(=O)([O-])OCC(COC(=O)CCCCCCCCCCC)OC(=O)CCCCCCCCCCC)OC(=O)CCCCCCCCCCC.[Na+].[Na+]. The standard InChI is InChI=1S/C57H110O17P2.C28H32O7.2Na/c1-5-9-13-17-21-25-29-33-37-41-54(59)67-47-52(73-56(61)43-39-35-31-27-23-19-15-11-7-3)49-71-75(63,64)69-45-51(58)46-70-76(65,66)72-50-53(74-57(62)44-40-36-32-28-24-20-16-12-8-4)48-68-55(60)42-38-34-30-26-22-18-14-10-6-2;1-14(29)34-17-12-26(5)16(15-8-10-33-13-15)11-19-28(26,35-19)27(6)21(17)25(4)9-7-18(30)24(2,3)22(25)20(31)23(27)32;;/h51-53,58H,5-50H2,1-4H3,(H,63,64)(H,65,66);7-10,13,16-17,19,21,31H,11-12H2,1-6H3;;/q;;2*+1/p-2. The topological polar surface area (TPSA) is 349 Å². The molecule has 12 unspecified atom stereocenters. The van der Waals surface area contributed by atoms with Crippen LogP contribution in [0.25, 0.3) is 0 Å². The number of epoxide rings is 1. The Morgan fingerprint density at radius 2 is 0.903 bits per heavy atom. The first-order valence-electron chi connectivity index (χ1n) is 42.6. The van der Waals surface area contributed by atoms with E-state index in [1.54, 1.807) is 38.5 Å². The van der Waals surface area contributed by atoms with Gasteiger partial charge in [-0.3, -0.25) is 42.7 Å². The van der Waals surface area contributed by atoms with Crippen molar-refractivity contribution in [3.63, 3.8) is 0 Å². The molecular weight excluding hydrogens is 1510 g/mol. The number of ketones is 2. The van der Waals surface area contributed by atoms with E-state index < -0.39 is 149 Å². The zero-order valence-corrected chi connectivity index (χ0v) is 76.9. The zero-order chi connectivity index (χ0) is 81.6. The van der Waals surface area contributed by atoms with E-state index >= 15 is 0 Å². The summed E-state index contributed by atoms with van der Waals surface area (Å²) in [6.07, 6.45) is 41.4. The quantitative estimate of drug-likeness (QED) is 0.0153. The summed E-state index contributed by atoms with van der Waals surface area (Å²) >= 11 is 0. The molecule has 0 amide bonds. The molecule has 2 N–H and O–H groups in total. The molecule has 1 spiro atoms. The van der Waals surface area contributed by atoms with Crippen LogP contribution in [-0.2, 0) is 89.2 Å². The first kappa shape index (κ1) is 105. The van der Waals surface area contributed by atoms with Crippen LogP contribution in [0.4, 0.5) is 0 Å². The van der Waals surface area contributed by atoms with Crippen LogP contribution in [0.2, 0.25) is 0 Å². The molecule has 24 nitrogen and oxygen atoms in total. The number of phosphoric ester groups is 2. The molecule has 2 saturated carbocycles. The number of ether oxygens (including phenoxy) is 6. The number of Topliss-reactive ketones (excluding diaryl/α,β-unsaturated/α-hetero) is 1. The molecule has 1 aromatic rings. The molecule has 0 radical (unpaired) electrons. The van der Waals surface area contributed by atoms with Gasteiger partial charge in [0.25, 0.3) is 15.6 Å².